The van der Waals surface area contributed by atoms with Gasteiger partial charge in [-0.15, -0.1) is 0 Å². The van der Waals surface area contributed by atoms with E-state index < -0.39 is 5.41 Å². The number of rotatable bonds is 7. The largest absolute Gasteiger partial charge is 0.310 e. The van der Waals surface area contributed by atoms with Crippen LogP contribution in [0.2, 0.25) is 0 Å². The lowest BCUT2D eigenvalue weighted by atomic mass is 9.67. The molecule has 8 aromatic rings. The smallest absolute Gasteiger partial charge is 0.0714 e. The van der Waals surface area contributed by atoms with Gasteiger partial charge in [-0.1, -0.05) is 173 Å². The SMILES string of the molecule is CC(C)c1ccc2c(c1-c1cc3c(cc1N(c1ccccc1)c1ccc4c(c1)C(C)(C)c1ccccc1-4)C(c1ccccc1)(c1ccccc1)c1ccccc1-3)CCCC2. The Balaban J connectivity index is 1.29. The van der Waals surface area contributed by atoms with Crippen molar-refractivity contribution in [2.45, 2.75) is 70.1 Å². The standard InChI is InChI=1S/C59H51N/c1-39(2)45-34-32-40-20-14-15-27-46(40)57(45)51-37-50-48-29-17-19-31-53(48)59(41-21-8-5-9-22-41,42-23-10-6-11-24-42)55(50)38-56(51)60(43-25-12-7-13-26-43)44-33-35-49-47-28-16-18-30-52(47)58(3,4)54(49)36-44/h5-13,16-19,21-26,28-39H,14-15,20,27H2,1-4H3. The zero-order chi connectivity index (χ0) is 40.6. The molecule has 0 bridgehead atoms. The molecule has 0 atom stereocenters. The molecule has 1 nitrogen and oxygen atoms in total. The van der Waals surface area contributed by atoms with Gasteiger partial charge in [0.1, 0.15) is 0 Å². The molecule has 3 aliphatic rings. The highest BCUT2D eigenvalue weighted by molar-refractivity contribution is 5.98. The molecule has 1 heteroatoms. The van der Waals surface area contributed by atoms with Crippen molar-refractivity contribution in [3.63, 3.8) is 0 Å². The molecule has 3 aliphatic carbocycles. The molecule has 0 N–H and O–H groups in total. The van der Waals surface area contributed by atoms with Gasteiger partial charge in [-0.2, -0.15) is 0 Å². The molecular weight excluding hydrogens is 723 g/mol. The molecule has 60 heavy (non-hydrogen) atoms. The highest BCUT2D eigenvalue weighted by Crippen LogP contribution is 2.60. The van der Waals surface area contributed by atoms with E-state index in [0.29, 0.717) is 5.92 Å². The first-order valence-corrected chi connectivity index (χ1v) is 22.0. The van der Waals surface area contributed by atoms with Crippen LogP contribution in [0.25, 0.3) is 33.4 Å². The van der Waals surface area contributed by atoms with Gasteiger partial charge in [0.25, 0.3) is 0 Å². The van der Waals surface area contributed by atoms with E-state index in [1.807, 2.05) is 0 Å². The van der Waals surface area contributed by atoms with E-state index in [2.05, 4.69) is 215 Å². The van der Waals surface area contributed by atoms with E-state index in [1.165, 1.54) is 108 Å². The molecule has 292 valence electrons. The second-order valence-electron chi connectivity index (χ2n) is 18.0. The predicted molar refractivity (Wildman–Crippen MR) is 252 cm³/mol. The van der Waals surface area contributed by atoms with Crippen LogP contribution in [0.4, 0.5) is 17.1 Å². The Labute approximate surface area is 356 Å². The van der Waals surface area contributed by atoms with Crippen molar-refractivity contribution in [1.82, 2.24) is 0 Å². The molecular formula is C59H51N. The molecule has 0 aliphatic heterocycles. The van der Waals surface area contributed by atoms with Gasteiger partial charge in [0, 0.05) is 22.4 Å². The van der Waals surface area contributed by atoms with Crippen molar-refractivity contribution in [1.29, 1.82) is 0 Å². The number of nitrogens with zero attached hydrogens (tertiary/aromatic N) is 1. The fourth-order valence-corrected chi connectivity index (χ4v) is 11.3. The van der Waals surface area contributed by atoms with E-state index in [0.717, 1.165) is 18.5 Å². The lowest BCUT2D eigenvalue weighted by Crippen LogP contribution is -2.29. The second-order valence-corrected chi connectivity index (χ2v) is 18.0. The van der Waals surface area contributed by atoms with Gasteiger partial charge in [-0.3, -0.25) is 0 Å². The number of hydrogen-bond acceptors (Lipinski definition) is 1. The average molecular weight is 774 g/mol. The van der Waals surface area contributed by atoms with Crippen LogP contribution in [0.15, 0.2) is 182 Å². The summed E-state index contributed by atoms with van der Waals surface area (Å²) in [5.41, 5.74) is 23.4. The molecule has 11 rings (SSSR count). The Morgan fingerprint density at radius 1 is 0.450 bits per heavy atom. The molecule has 0 unspecified atom stereocenters. The first-order chi connectivity index (χ1) is 29.4. The summed E-state index contributed by atoms with van der Waals surface area (Å²) in [6.07, 6.45) is 4.71. The van der Waals surface area contributed by atoms with E-state index in [1.54, 1.807) is 0 Å². The minimum Gasteiger partial charge on any atom is -0.310 e. The minimum absolute atomic E-state index is 0.133. The number of benzene rings is 8. The van der Waals surface area contributed by atoms with Gasteiger partial charge in [0.15, 0.2) is 0 Å². The van der Waals surface area contributed by atoms with E-state index in [4.69, 9.17) is 0 Å². The normalized spacial score (nSPS) is 15.2. The molecule has 8 aromatic carbocycles. The Bertz CT molecular complexity index is 2880. The van der Waals surface area contributed by atoms with Gasteiger partial charge >= 0.3 is 0 Å². The third-order valence-electron chi connectivity index (χ3n) is 14.1. The zero-order valence-electron chi connectivity index (χ0n) is 35.2. The number of aryl methyl sites for hydroxylation is 1. The summed E-state index contributed by atoms with van der Waals surface area (Å²) in [6, 6.07) is 69.2. The van der Waals surface area contributed by atoms with E-state index >= 15 is 0 Å². The lowest BCUT2D eigenvalue weighted by Gasteiger charge is -2.36. The van der Waals surface area contributed by atoms with Crippen LogP contribution in [-0.4, -0.2) is 0 Å². The molecule has 0 radical (unpaired) electrons. The molecule has 0 heterocycles. The summed E-state index contributed by atoms with van der Waals surface area (Å²) < 4.78 is 0. The highest BCUT2D eigenvalue weighted by atomic mass is 15.1. The maximum Gasteiger partial charge on any atom is 0.0714 e. The van der Waals surface area contributed by atoms with E-state index in [-0.39, 0.29) is 5.41 Å². The topological polar surface area (TPSA) is 3.24 Å². The number of fused-ring (bicyclic) bond motifs is 7. The van der Waals surface area contributed by atoms with Crippen LogP contribution in [-0.2, 0) is 23.7 Å². The van der Waals surface area contributed by atoms with Gasteiger partial charge < -0.3 is 4.90 Å². The van der Waals surface area contributed by atoms with Crippen molar-refractivity contribution in [2.75, 3.05) is 4.90 Å². The van der Waals surface area contributed by atoms with Crippen LogP contribution < -0.4 is 4.90 Å². The van der Waals surface area contributed by atoms with Crippen molar-refractivity contribution < 1.29 is 0 Å². The predicted octanol–water partition coefficient (Wildman–Crippen LogP) is 15.5. The minimum atomic E-state index is -0.525. The number of hydrogen-bond donors (Lipinski definition) is 0. The monoisotopic (exact) mass is 773 g/mol. The fourth-order valence-electron chi connectivity index (χ4n) is 11.3. The van der Waals surface area contributed by atoms with Crippen LogP contribution >= 0.6 is 0 Å². The maximum absolute atomic E-state index is 2.61. The van der Waals surface area contributed by atoms with Crippen molar-refractivity contribution in [2.24, 2.45) is 0 Å². The fraction of sp³-hybridized carbons (Fsp3) is 0.186. The maximum atomic E-state index is 2.61. The van der Waals surface area contributed by atoms with Crippen LogP contribution in [0.3, 0.4) is 0 Å². The summed E-state index contributed by atoms with van der Waals surface area (Å²) in [4.78, 5) is 2.59. The van der Waals surface area contributed by atoms with Crippen LogP contribution in [0, 0.1) is 0 Å². The molecule has 0 amide bonds. The quantitative estimate of drug-likeness (QED) is 0.156. The van der Waals surface area contributed by atoms with Crippen molar-refractivity contribution >= 4 is 17.1 Å². The number of anilines is 3. The summed E-state index contributed by atoms with van der Waals surface area (Å²) in [5, 5.41) is 0. The van der Waals surface area contributed by atoms with Crippen LogP contribution in [0.1, 0.15) is 96.5 Å². The summed E-state index contributed by atoms with van der Waals surface area (Å²) in [6.45, 7) is 9.54. The van der Waals surface area contributed by atoms with Crippen molar-refractivity contribution in [3.05, 3.63) is 232 Å². The highest BCUT2D eigenvalue weighted by Gasteiger charge is 2.47. The van der Waals surface area contributed by atoms with Gasteiger partial charge in [0.2, 0.25) is 0 Å². The third kappa shape index (κ3) is 5.38. The first-order valence-electron chi connectivity index (χ1n) is 22.0. The van der Waals surface area contributed by atoms with Crippen molar-refractivity contribution in [3.8, 4) is 33.4 Å². The molecule has 0 saturated heterocycles. The average Bonchev–Trinajstić information content (AvgIpc) is 3.71. The Hall–Kier alpha value is -6.44. The Morgan fingerprint density at radius 2 is 1.03 bits per heavy atom. The Morgan fingerprint density at radius 3 is 1.72 bits per heavy atom. The zero-order valence-corrected chi connectivity index (χ0v) is 35.2. The molecule has 0 fully saturated rings. The third-order valence-corrected chi connectivity index (χ3v) is 14.1. The van der Waals surface area contributed by atoms with Gasteiger partial charge in [-0.05, 0) is 146 Å². The number of para-hydroxylation sites is 1. The summed E-state index contributed by atoms with van der Waals surface area (Å²) in [5.74, 6) is 0.359. The molecule has 0 saturated carbocycles. The van der Waals surface area contributed by atoms with E-state index in [9.17, 15) is 0 Å². The molecule has 0 spiro atoms. The summed E-state index contributed by atoms with van der Waals surface area (Å²) >= 11 is 0. The summed E-state index contributed by atoms with van der Waals surface area (Å²) in [7, 11) is 0. The Kier molecular flexibility index (Phi) is 8.60. The molecule has 0 aromatic heterocycles. The second kappa shape index (κ2) is 14.1. The first kappa shape index (κ1) is 36.6. The van der Waals surface area contributed by atoms with Gasteiger partial charge in [0.05, 0.1) is 11.1 Å². The van der Waals surface area contributed by atoms with Gasteiger partial charge in [-0.25, -0.2) is 0 Å². The van der Waals surface area contributed by atoms with Crippen LogP contribution in [0.5, 0.6) is 0 Å². The lowest BCUT2D eigenvalue weighted by molar-refractivity contribution is 0.660.